The Kier molecular flexibility index (Phi) is 4.57. The molecule has 27 heavy (non-hydrogen) atoms. The van der Waals surface area contributed by atoms with Crippen molar-refractivity contribution < 1.29 is 0 Å². The maximum absolute atomic E-state index is 4.83. The number of nitrogens with zero attached hydrogens (tertiary/aromatic N) is 3. The third-order valence-corrected chi connectivity index (χ3v) is 6.54. The summed E-state index contributed by atoms with van der Waals surface area (Å²) >= 11 is 3.61. The van der Waals surface area contributed by atoms with E-state index >= 15 is 0 Å². The molecule has 0 radical (unpaired) electrons. The van der Waals surface area contributed by atoms with Crippen LogP contribution in [0.5, 0.6) is 0 Å². The van der Waals surface area contributed by atoms with Crippen LogP contribution in [0.2, 0.25) is 0 Å². The minimum absolute atomic E-state index is 0.835. The molecule has 0 N–H and O–H groups in total. The Balaban J connectivity index is 1.30. The summed E-state index contributed by atoms with van der Waals surface area (Å²) in [5.41, 5.74) is 6.21. The summed E-state index contributed by atoms with van der Waals surface area (Å²) in [4.78, 5) is 13.4. The number of hydrogen-bond donors (Lipinski definition) is 0. The summed E-state index contributed by atoms with van der Waals surface area (Å²) in [6.45, 7) is 2.97. The van der Waals surface area contributed by atoms with E-state index in [4.69, 9.17) is 4.98 Å². The van der Waals surface area contributed by atoms with Crippen molar-refractivity contribution in [3.8, 4) is 22.5 Å². The van der Waals surface area contributed by atoms with Gasteiger partial charge in [-0.15, -0.1) is 11.3 Å². The molecule has 0 saturated carbocycles. The second-order valence-corrected chi connectivity index (χ2v) is 8.58. The maximum atomic E-state index is 4.83. The van der Waals surface area contributed by atoms with E-state index in [-0.39, 0.29) is 0 Å². The molecule has 1 aliphatic rings. The van der Waals surface area contributed by atoms with Gasteiger partial charge in [0.2, 0.25) is 0 Å². The van der Waals surface area contributed by atoms with E-state index in [1.807, 2.05) is 35.7 Å². The van der Waals surface area contributed by atoms with Gasteiger partial charge < -0.3 is 0 Å². The molecule has 4 aromatic rings. The monoisotopic (exact) mass is 389 g/mol. The third kappa shape index (κ3) is 3.58. The van der Waals surface area contributed by atoms with Crippen LogP contribution >= 0.6 is 22.7 Å². The fourth-order valence-corrected chi connectivity index (χ4v) is 5.10. The summed E-state index contributed by atoms with van der Waals surface area (Å²) < 4.78 is 0. The highest BCUT2D eigenvalue weighted by Gasteiger charge is 2.19. The lowest BCUT2D eigenvalue weighted by atomic mass is 10.1. The van der Waals surface area contributed by atoms with Gasteiger partial charge in [0.05, 0.1) is 5.69 Å². The van der Waals surface area contributed by atoms with E-state index in [1.54, 1.807) is 11.3 Å². The van der Waals surface area contributed by atoms with Crippen LogP contribution in [-0.4, -0.2) is 21.4 Å². The average Bonchev–Trinajstić information content (AvgIpc) is 3.40. The zero-order chi connectivity index (χ0) is 18.1. The van der Waals surface area contributed by atoms with Gasteiger partial charge in [-0.3, -0.25) is 4.90 Å². The third-order valence-electron chi connectivity index (χ3n) is 4.93. The van der Waals surface area contributed by atoms with Crippen LogP contribution in [0.4, 0.5) is 0 Å². The number of rotatable bonds is 4. The largest absolute Gasteiger partial charge is 0.293 e. The van der Waals surface area contributed by atoms with E-state index in [1.165, 1.54) is 27.3 Å². The topological polar surface area (TPSA) is 29.0 Å². The molecule has 4 heterocycles. The zero-order valence-electron chi connectivity index (χ0n) is 14.8. The van der Waals surface area contributed by atoms with Crippen molar-refractivity contribution >= 4 is 22.7 Å². The van der Waals surface area contributed by atoms with Gasteiger partial charge in [-0.2, -0.15) is 11.3 Å². The van der Waals surface area contributed by atoms with Gasteiger partial charge in [0.25, 0.3) is 0 Å². The first-order valence-electron chi connectivity index (χ1n) is 9.08. The molecule has 0 atom stereocenters. The Bertz CT molecular complexity index is 1040. The lowest BCUT2D eigenvalue weighted by Crippen LogP contribution is -2.30. The molecule has 5 heteroatoms. The average molecular weight is 390 g/mol. The predicted octanol–water partition coefficient (Wildman–Crippen LogP) is 5.49. The molecular formula is C22H19N3S2. The summed E-state index contributed by atoms with van der Waals surface area (Å²) in [5.74, 6) is 0.835. The highest BCUT2D eigenvalue weighted by atomic mass is 32.1. The lowest BCUT2D eigenvalue weighted by molar-refractivity contribution is 0.245. The van der Waals surface area contributed by atoms with E-state index in [0.29, 0.717) is 0 Å². The van der Waals surface area contributed by atoms with Crippen molar-refractivity contribution in [3.63, 3.8) is 0 Å². The molecule has 0 amide bonds. The highest BCUT2D eigenvalue weighted by Crippen LogP contribution is 2.29. The SMILES string of the molecule is c1ccc(-c2ncc3c(n2)CCN(Cc2cc(-c4ccsc4)cs2)C3)cc1. The van der Waals surface area contributed by atoms with Crippen molar-refractivity contribution in [1.82, 2.24) is 14.9 Å². The Hall–Kier alpha value is -2.34. The molecule has 0 saturated heterocycles. The van der Waals surface area contributed by atoms with Crippen LogP contribution in [0.25, 0.3) is 22.5 Å². The summed E-state index contributed by atoms with van der Waals surface area (Å²) in [5, 5.41) is 6.62. The molecule has 1 aromatic carbocycles. The van der Waals surface area contributed by atoms with E-state index in [0.717, 1.165) is 37.4 Å². The normalized spacial score (nSPS) is 14.2. The molecule has 0 bridgehead atoms. The van der Waals surface area contributed by atoms with Crippen molar-refractivity contribution in [3.05, 3.63) is 80.9 Å². The van der Waals surface area contributed by atoms with E-state index < -0.39 is 0 Å². The molecule has 1 aliphatic heterocycles. The second kappa shape index (κ2) is 7.35. The summed E-state index contributed by atoms with van der Waals surface area (Å²) in [6, 6.07) is 14.7. The van der Waals surface area contributed by atoms with E-state index in [2.05, 4.69) is 50.3 Å². The van der Waals surface area contributed by atoms with Gasteiger partial charge in [0.15, 0.2) is 5.82 Å². The zero-order valence-corrected chi connectivity index (χ0v) is 16.5. The number of aromatic nitrogens is 2. The Morgan fingerprint density at radius 3 is 2.78 bits per heavy atom. The van der Waals surface area contributed by atoms with Crippen LogP contribution in [-0.2, 0) is 19.5 Å². The minimum atomic E-state index is 0.835. The molecule has 3 aromatic heterocycles. The summed E-state index contributed by atoms with van der Waals surface area (Å²) in [7, 11) is 0. The molecule has 0 unspecified atom stereocenters. The molecule has 134 valence electrons. The molecule has 0 aliphatic carbocycles. The van der Waals surface area contributed by atoms with E-state index in [9.17, 15) is 0 Å². The number of benzene rings is 1. The van der Waals surface area contributed by atoms with Gasteiger partial charge in [-0.25, -0.2) is 9.97 Å². The van der Waals surface area contributed by atoms with Crippen molar-refractivity contribution in [1.29, 1.82) is 0 Å². The first-order chi connectivity index (χ1) is 13.3. The Morgan fingerprint density at radius 1 is 1.00 bits per heavy atom. The lowest BCUT2D eigenvalue weighted by Gasteiger charge is -2.27. The fourth-order valence-electron chi connectivity index (χ4n) is 3.50. The van der Waals surface area contributed by atoms with Gasteiger partial charge in [-0.1, -0.05) is 30.3 Å². The summed E-state index contributed by atoms with van der Waals surface area (Å²) in [6.07, 6.45) is 3.00. The first-order valence-corrected chi connectivity index (χ1v) is 10.9. The van der Waals surface area contributed by atoms with Gasteiger partial charge in [-0.05, 0) is 39.4 Å². The molecular weight excluding hydrogens is 370 g/mol. The standard InChI is InChI=1S/C22H19N3S2/c1-2-4-16(5-3-1)22-23-11-19-12-25(8-6-21(19)24-22)13-20-10-18(15-27-20)17-7-9-26-14-17/h1-5,7,9-11,14-15H,6,8,12-13H2. The Labute approximate surface area is 167 Å². The van der Waals surface area contributed by atoms with Crippen molar-refractivity contribution in [2.45, 2.75) is 19.5 Å². The van der Waals surface area contributed by atoms with Crippen LogP contribution in [0.3, 0.4) is 0 Å². The molecule has 0 spiro atoms. The second-order valence-electron chi connectivity index (χ2n) is 6.81. The molecule has 0 fully saturated rings. The Morgan fingerprint density at radius 2 is 1.93 bits per heavy atom. The maximum Gasteiger partial charge on any atom is 0.159 e. The number of fused-ring (bicyclic) bond motifs is 1. The fraction of sp³-hybridized carbons (Fsp3) is 0.182. The van der Waals surface area contributed by atoms with Crippen LogP contribution < -0.4 is 0 Å². The first kappa shape index (κ1) is 16.8. The smallest absolute Gasteiger partial charge is 0.159 e. The van der Waals surface area contributed by atoms with Crippen LogP contribution in [0, 0.1) is 0 Å². The number of hydrogen-bond acceptors (Lipinski definition) is 5. The predicted molar refractivity (Wildman–Crippen MR) is 113 cm³/mol. The highest BCUT2D eigenvalue weighted by molar-refractivity contribution is 7.10. The van der Waals surface area contributed by atoms with Gasteiger partial charge >= 0.3 is 0 Å². The van der Waals surface area contributed by atoms with Crippen LogP contribution in [0.1, 0.15) is 16.1 Å². The minimum Gasteiger partial charge on any atom is -0.293 e. The van der Waals surface area contributed by atoms with Gasteiger partial charge in [0, 0.05) is 48.3 Å². The van der Waals surface area contributed by atoms with Crippen LogP contribution in [0.15, 0.2) is 64.8 Å². The van der Waals surface area contributed by atoms with Gasteiger partial charge in [0.1, 0.15) is 0 Å². The van der Waals surface area contributed by atoms with Crippen molar-refractivity contribution in [2.75, 3.05) is 6.54 Å². The number of thiophene rings is 2. The quantitative estimate of drug-likeness (QED) is 0.462. The molecule has 5 rings (SSSR count). The van der Waals surface area contributed by atoms with Crippen molar-refractivity contribution in [2.24, 2.45) is 0 Å². The molecule has 3 nitrogen and oxygen atoms in total.